The fraction of sp³-hybridized carbons (Fsp3) is 0.0714. The Hall–Kier alpha value is -2.47. The molecular formula is C14H9ClFNO4. The Bertz CT molecular complexity index is 733. The number of esters is 1. The van der Waals surface area contributed by atoms with Crippen LogP contribution in [0.15, 0.2) is 36.4 Å². The van der Waals surface area contributed by atoms with Crippen molar-refractivity contribution in [2.75, 3.05) is 7.11 Å². The highest BCUT2D eigenvalue weighted by atomic mass is 35.5. The van der Waals surface area contributed by atoms with Crippen LogP contribution in [0.1, 0.15) is 10.4 Å². The van der Waals surface area contributed by atoms with E-state index in [0.29, 0.717) is 0 Å². The number of benzene rings is 2. The number of nitro groups is 1. The van der Waals surface area contributed by atoms with Gasteiger partial charge in [0.05, 0.1) is 23.2 Å². The second-order valence-electron chi connectivity index (χ2n) is 4.10. The first-order chi connectivity index (χ1) is 9.93. The van der Waals surface area contributed by atoms with Crippen LogP contribution in [0.3, 0.4) is 0 Å². The number of nitro benzene ring substituents is 1. The number of carbonyl (C=O) groups is 1. The van der Waals surface area contributed by atoms with Gasteiger partial charge in [-0.05, 0) is 30.3 Å². The summed E-state index contributed by atoms with van der Waals surface area (Å²) in [5, 5.41) is 11.3. The van der Waals surface area contributed by atoms with Crippen molar-refractivity contribution in [2.45, 2.75) is 0 Å². The van der Waals surface area contributed by atoms with Gasteiger partial charge in [-0.3, -0.25) is 10.1 Å². The second-order valence-corrected chi connectivity index (χ2v) is 4.54. The van der Waals surface area contributed by atoms with Crippen molar-refractivity contribution in [3.63, 3.8) is 0 Å². The monoisotopic (exact) mass is 309 g/mol. The van der Waals surface area contributed by atoms with Crippen LogP contribution >= 0.6 is 11.6 Å². The van der Waals surface area contributed by atoms with Gasteiger partial charge in [-0.1, -0.05) is 11.6 Å². The van der Waals surface area contributed by atoms with Crippen LogP contribution in [-0.2, 0) is 4.74 Å². The van der Waals surface area contributed by atoms with E-state index in [1.807, 2.05) is 0 Å². The molecule has 0 fully saturated rings. The van der Waals surface area contributed by atoms with Crippen molar-refractivity contribution in [1.82, 2.24) is 0 Å². The molecule has 0 saturated carbocycles. The zero-order valence-corrected chi connectivity index (χ0v) is 11.6. The van der Waals surface area contributed by atoms with Crippen molar-refractivity contribution in [1.29, 1.82) is 0 Å². The molecule has 2 rings (SSSR count). The van der Waals surface area contributed by atoms with E-state index in [1.54, 1.807) is 0 Å². The van der Waals surface area contributed by atoms with E-state index < -0.39 is 16.7 Å². The lowest BCUT2D eigenvalue weighted by atomic mass is 10.0. The van der Waals surface area contributed by atoms with Crippen LogP contribution < -0.4 is 0 Å². The van der Waals surface area contributed by atoms with Gasteiger partial charge in [-0.25, -0.2) is 9.18 Å². The second kappa shape index (κ2) is 5.88. The van der Waals surface area contributed by atoms with Crippen molar-refractivity contribution in [2.24, 2.45) is 0 Å². The summed E-state index contributed by atoms with van der Waals surface area (Å²) in [6, 6.07) is 7.53. The molecule has 0 bridgehead atoms. The van der Waals surface area contributed by atoms with E-state index in [9.17, 15) is 19.3 Å². The molecule has 108 valence electrons. The van der Waals surface area contributed by atoms with Crippen molar-refractivity contribution in [3.05, 3.63) is 62.9 Å². The summed E-state index contributed by atoms with van der Waals surface area (Å²) >= 11 is 5.66. The Morgan fingerprint density at radius 1 is 1.24 bits per heavy atom. The summed E-state index contributed by atoms with van der Waals surface area (Å²) in [6.07, 6.45) is 0. The standard InChI is InChI=1S/C14H9ClFNO4/c1-21-14(18)8-2-4-11(13(6-8)17(19)20)10-5-3-9(15)7-12(10)16/h2-7H,1H3. The van der Waals surface area contributed by atoms with Crippen molar-refractivity contribution in [3.8, 4) is 11.1 Å². The van der Waals surface area contributed by atoms with E-state index >= 15 is 0 Å². The smallest absolute Gasteiger partial charge is 0.338 e. The summed E-state index contributed by atoms with van der Waals surface area (Å²) in [6.45, 7) is 0. The van der Waals surface area contributed by atoms with E-state index in [4.69, 9.17) is 11.6 Å². The molecule has 2 aromatic carbocycles. The van der Waals surface area contributed by atoms with E-state index in [-0.39, 0.29) is 27.4 Å². The average Bonchev–Trinajstić information content (AvgIpc) is 2.46. The number of ether oxygens (including phenoxy) is 1. The number of nitrogens with zero attached hydrogens (tertiary/aromatic N) is 1. The summed E-state index contributed by atoms with van der Waals surface area (Å²) in [5.41, 5.74) is -0.286. The van der Waals surface area contributed by atoms with Gasteiger partial charge in [-0.15, -0.1) is 0 Å². The topological polar surface area (TPSA) is 69.4 Å². The van der Waals surface area contributed by atoms with Crippen LogP contribution in [0.4, 0.5) is 10.1 Å². The van der Waals surface area contributed by atoms with Gasteiger partial charge in [-0.2, -0.15) is 0 Å². The molecule has 0 N–H and O–H groups in total. The minimum Gasteiger partial charge on any atom is -0.465 e. The minimum absolute atomic E-state index is 0.0160. The van der Waals surface area contributed by atoms with Crippen LogP contribution in [-0.4, -0.2) is 18.0 Å². The summed E-state index contributed by atoms with van der Waals surface area (Å²) < 4.78 is 18.4. The van der Waals surface area contributed by atoms with Crippen LogP contribution in [0, 0.1) is 15.9 Å². The first-order valence-corrected chi connectivity index (χ1v) is 6.14. The van der Waals surface area contributed by atoms with E-state index in [0.717, 1.165) is 12.1 Å². The molecule has 0 aliphatic rings. The van der Waals surface area contributed by atoms with Crippen LogP contribution in [0.2, 0.25) is 5.02 Å². The minimum atomic E-state index is -0.707. The number of rotatable bonds is 3. The predicted octanol–water partition coefficient (Wildman–Crippen LogP) is 3.84. The lowest BCUT2D eigenvalue weighted by molar-refractivity contribution is -0.384. The predicted molar refractivity (Wildman–Crippen MR) is 74.8 cm³/mol. The highest BCUT2D eigenvalue weighted by Crippen LogP contribution is 2.33. The number of methoxy groups -OCH3 is 1. The maximum absolute atomic E-state index is 13.9. The third-order valence-electron chi connectivity index (χ3n) is 2.84. The fourth-order valence-corrected chi connectivity index (χ4v) is 2.02. The third-order valence-corrected chi connectivity index (χ3v) is 3.07. The number of halogens is 2. The number of carbonyl (C=O) groups excluding carboxylic acids is 1. The Labute approximate surface area is 124 Å². The Kier molecular flexibility index (Phi) is 4.18. The molecule has 7 heteroatoms. The number of hydrogen-bond donors (Lipinski definition) is 0. The molecule has 5 nitrogen and oxygen atoms in total. The zero-order chi connectivity index (χ0) is 15.6. The average molecular weight is 310 g/mol. The highest BCUT2D eigenvalue weighted by molar-refractivity contribution is 6.30. The Balaban J connectivity index is 2.63. The van der Waals surface area contributed by atoms with Crippen molar-refractivity contribution >= 4 is 23.3 Å². The fourth-order valence-electron chi connectivity index (χ4n) is 1.86. The van der Waals surface area contributed by atoms with Gasteiger partial charge in [0.25, 0.3) is 5.69 Å². The third kappa shape index (κ3) is 3.00. The maximum atomic E-state index is 13.9. The maximum Gasteiger partial charge on any atom is 0.338 e. The summed E-state index contributed by atoms with van der Waals surface area (Å²) in [4.78, 5) is 21.9. The first kappa shape index (κ1) is 14.9. The van der Waals surface area contributed by atoms with Gasteiger partial charge in [0.2, 0.25) is 0 Å². The molecule has 21 heavy (non-hydrogen) atoms. The molecule has 0 aliphatic carbocycles. The molecule has 0 heterocycles. The highest BCUT2D eigenvalue weighted by Gasteiger charge is 2.21. The lowest BCUT2D eigenvalue weighted by Crippen LogP contribution is -2.03. The first-order valence-electron chi connectivity index (χ1n) is 5.76. The van der Waals surface area contributed by atoms with Crippen LogP contribution in [0.5, 0.6) is 0 Å². The summed E-state index contributed by atoms with van der Waals surface area (Å²) in [5.74, 6) is -1.39. The van der Waals surface area contributed by atoms with Gasteiger partial charge in [0.15, 0.2) is 0 Å². The SMILES string of the molecule is COC(=O)c1ccc(-c2ccc(Cl)cc2F)c([N+](=O)[O-])c1. The molecule has 0 aliphatic heterocycles. The van der Waals surface area contributed by atoms with E-state index in [1.165, 1.54) is 31.4 Å². The molecule has 0 aromatic heterocycles. The Morgan fingerprint density at radius 2 is 1.90 bits per heavy atom. The number of hydrogen-bond acceptors (Lipinski definition) is 4. The van der Waals surface area contributed by atoms with Crippen molar-refractivity contribution < 1.29 is 18.8 Å². The normalized spacial score (nSPS) is 10.2. The zero-order valence-electron chi connectivity index (χ0n) is 10.8. The van der Waals surface area contributed by atoms with Gasteiger partial charge in [0.1, 0.15) is 5.82 Å². The molecule has 2 aromatic rings. The van der Waals surface area contributed by atoms with Gasteiger partial charge >= 0.3 is 5.97 Å². The molecule has 0 atom stereocenters. The molecular weight excluding hydrogens is 301 g/mol. The Morgan fingerprint density at radius 3 is 2.48 bits per heavy atom. The van der Waals surface area contributed by atoms with Crippen LogP contribution in [0.25, 0.3) is 11.1 Å². The largest absolute Gasteiger partial charge is 0.465 e. The molecule has 0 radical (unpaired) electrons. The molecule has 0 saturated heterocycles. The quantitative estimate of drug-likeness (QED) is 0.490. The summed E-state index contributed by atoms with van der Waals surface area (Å²) in [7, 11) is 1.17. The van der Waals surface area contributed by atoms with Gasteiger partial charge < -0.3 is 4.74 Å². The van der Waals surface area contributed by atoms with E-state index in [2.05, 4.69) is 4.74 Å². The molecule has 0 unspecified atom stereocenters. The lowest BCUT2D eigenvalue weighted by Gasteiger charge is -2.07. The molecule has 0 spiro atoms. The molecule has 0 amide bonds. The van der Waals surface area contributed by atoms with Gasteiger partial charge in [0, 0.05) is 16.7 Å².